The Hall–Kier alpha value is 0.230. The highest BCUT2D eigenvalue weighted by Gasteiger charge is 1.90. The zero-order valence-electron chi connectivity index (χ0n) is 10.1. The highest BCUT2D eigenvalue weighted by Crippen LogP contribution is 1.94. The monoisotopic (exact) mass is 235 g/mol. The highest BCUT2D eigenvalue weighted by atomic mass is 32.2. The van der Waals surface area contributed by atoms with Crippen molar-refractivity contribution in [3.05, 3.63) is 0 Å². The second kappa shape index (κ2) is 14.2. The van der Waals surface area contributed by atoms with Crippen LogP contribution in [-0.2, 0) is 9.47 Å². The Morgan fingerprint density at radius 1 is 1.00 bits per heavy atom. The van der Waals surface area contributed by atoms with E-state index in [9.17, 15) is 0 Å². The molecule has 0 saturated carbocycles. The highest BCUT2D eigenvalue weighted by molar-refractivity contribution is 7.98. The van der Waals surface area contributed by atoms with E-state index in [2.05, 4.69) is 11.6 Å². The van der Waals surface area contributed by atoms with Crippen molar-refractivity contribution in [1.82, 2.24) is 5.32 Å². The molecule has 0 aromatic heterocycles. The third-order valence-electron chi connectivity index (χ3n) is 2.03. The number of nitrogens with one attached hydrogen (secondary N) is 1. The van der Waals surface area contributed by atoms with E-state index in [0.29, 0.717) is 6.61 Å². The number of methoxy groups -OCH3 is 1. The van der Waals surface area contributed by atoms with Crippen LogP contribution in [0.25, 0.3) is 0 Å². The van der Waals surface area contributed by atoms with Crippen LogP contribution < -0.4 is 5.32 Å². The summed E-state index contributed by atoms with van der Waals surface area (Å²) < 4.78 is 10.2. The molecule has 0 radical (unpaired) electrons. The first-order chi connectivity index (χ1) is 7.41. The second-order valence-corrected chi connectivity index (χ2v) is 4.39. The smallest absolute Gasteiger partial charge is 0.0700 e. The largest absolute Gasteiger partial charge is 0.382 e. The number of thioether (sulfide) groups is 1. The minimum atomic E-state index is 0.701. The minimum Gasteiger partial charge on any atom is -0.382 e. The van der Waals surface area contributed by atoms with Gasteiger partial charge in [0.2, 0.25) is 0 Å². The summed E-state index contributed by atoms with van der Waals surface area (Å²) in [5.41, 5.74) is 0. The summed E-state index contributed by atoms with van der Waals surface area (Å²) >= 11 is 1.91. The van der Waals surface area contributed by atoms with Crippen LogP contribution in [-0.4, -0.2) is 52.0 Å². The Balaban J connectivity index is 2.81. The summed E-state index contributed by atoms with van der Waals surface area (Å²) in [6.07, 6.45) is 5.76. The van der Waals surface area contributed by atoms with Gasteiger partial charge in [0, 0.05) is 13.7 Å². The van der Waals surface area contributed by atoms with E-state index in [-0.39, 0.29) is 0 Å². The van der Waals surface area contributed by atoms with Crippen LogP contribution in [0.2, 0.25) is 0 Å². The molecule has 0 aliphatic carbocycles. The maximum Gasteiger partial charge on any atom is 0.0700 e. The SMILES string of the molecule is COCCOCCCCNCCCSC. The van der Waals surface area contributed by atoms with Gasteiger partial charge in [-0.15, -0.1) is 0 Å². The van der Waals surface area contributed by atoms with Crippen molar-refractivity contribution < 1.29 is 9.47 Å². The fourth-order valence-corrected chi connectivity index (χ4v) is 1.60. The average molecular weight is 235 g/mol. The van der Waals surface area contributed by atoms with Crippen LogP contribution in [0.3, 0.4) is 0 Å². The van der Waals surface area contributed by atoms with Gasteiger partial charge in [0.25, 0.3) is 0 Å². The third-order valence-corrected chi connectivity index (χ3v) is 2.72. The molecular weight excluding hydrogens is 210 g/mol. The van der Waals surface area contributed by atoms with Gasteiger partial charge in [0.1, 0.15) is 0 Å². The second-order valence-electron chi connectivity index (χ2n) is 3.41. The van der Waals surface area contributed by atoms with E-state index in [4.69, 9.17) is 9.47 Å². The van der Waals surface area contributed by atoms with Gasteiger partial charge >= 0.3 is 0 Å². The van der Waals surface area contributed by atoms with Crippen LogP contribution in [0.5, 0.6) is 0 Å². The molecule has 4 heteroatoms. The zero-order valence-corrected chi connectivity index (χ0v) is 10.9. The van der Waals surface area contributed by atoms with Gasteiger partial charge in [-0.2, -0.15) is 11.8 Å². The Kier molecular flexibility index (Phi) is 14.4. The standard InChI is InChI=1S/C11H25NO2S/c1-13-9-10-14-8-4-3-6-12-7-5-11-15-2/h12H,3-11H2,1-2H3. The minimum absolute atomic E-state index is 0.701. The van der Waals surface area contributed by atoms with Crippen LogP contribution in [0.15, 0.2) is 0 Å². The number of ether oxygens (including phenoxy) is 2. The van der Waals surface area contributed by atoms with Crippen molar-refractivity contribution in [2.45, 2.75) is 19.3 Å². The van der Waals surface area contributed by atoms with Crippen molar-refractivity contribution in [3.8, 4) is 0 Å². The Labute approximate surface area is 98.3 Å². The molecule has 0 aromatic rings. The molecule has 0 saturated heterocycles. The van der Waals surface area contributed by atoms with Crippen LogP contribution in [0, 0.1) is 0 Å². The molecule has 0 bridgehead atoms. The first-order valence-electron chi connectivity index (χ1n) is 5.68. The molecule has 0 aliphatic rings. The summed E-state index contributed by atoms with van der Waals surface area (Å²) in [6, 6.07) is 0. The number of rotatable bonds is 12. The first-order valence-corrected chi connectivity index (χ1v) is 7.07. The molecule has 92 valence electrons. The van der Waals surface area contributed by atoms with Gasteiger partial charge in [0.15, 0.2) is 0 Å². The molecule has 0 spiro atoms. The van der Waals surface area contributed by atoms with Crippen molar-refractivity contribution in [2.24, 2.45) is 0 Å². The lowest BCUT2D eigenvalue weighted by atomic mass is 10.3. The molecule has 3 nitrogen and oxygen atoms in total. The molecule has 0 amide bonds. The van der Waals surface area contributed by atoms with Gasteiger partial charge in [-0.1, -0.05) is 0 Å². The molecule has 0 fully saturated rings. The van der Waals surface area contributed by atoms with Gasteiger partial charge in [-0.05, 0) is 44.4 Å². The molecular formula is C11H25NO2S. The number of hydrogen-bond donors (Lipinski definition) is 1. The lowest BCUT2D eigenvalue weighted by Gasteiger charge is -2.05. The summed E-state index contributed by atoms with van der Waals surface area (Å²) in [4.78, 5) is 0. The van der Waals surface area contributed by atoms with E-state index in [1.165, 1.54) is 18.6 Å². The molecule has 15 heavy (non-hydrogen) atoms. The summed E-state index contributed by atoms with van der Waals surface area (Å²) in [5, 5.41) is 3.43. The fraction of sp³-hybridized carbons (Fsp3) is 1.00. The summed E-state index contributed by atoms with van der Waals surface area (Å²) in [5.74, 6) is 1.26. The molecule has 0 aromatic carbocycles. The first kappa shape index (κ1) is 15.2. The van der Waals surface area contributed by atoms with Gasteiger partial charge in [-0.25, -0.2) is 0 Å². The van der Waals surface area contributed by atoms with E-state index in [1.54, 1.807) is 7.11 Å². The van der Waals surface area contributed by atoms with Crippen molar-refractivity contribution in [3.63, 3.8) is 0 Å². The lowest BCUT2D eigenvalue weighted by Crippen LogP contribution is -2.17. The summed E-state index contributed by atoms with van der Waals surface area (Å²) in [7, 11) is 1.70. The molecule has 0 unspecified atom stereocenters. The molecule has 1 N–H and O–H groups in total. The Morgan fingerprint density at radius 3 is 2.53 bits per heavy atom. The predicted molar refractivity (Wildman–Crippen MR) is 67.8 cm³/mol. The maximum absolute atomic E-state index is 5.36. The predicted octanol–water partition coefficient (Wildman–Crippen LogP) is 1.77. The van der Waals surface area contributed by atoms with E-state index >= 15 is 0 Å². The van der Waals surface area contributed by atoms with Crippen LogP contribution in [0.1, 0.15) is 19.3 Å². The maximum atomic E-state index is 5.36. The fourth-order valence-electron chi connectivity index (χ4n) is 1.16. The van der Waals surface area contributed by atoms with Crippen LogP contribution >= 0.6 is 11.8 Å². The molecule has 0 rings (SSSR count). The summed E-state index contributed by atoms with van der Waals surface area (Å²) in [6.45, 7) is 4.54. The Bertz CT molecular complexity index is 103. The van der Waals surface area contributed by atoms with Crippen molar-refractivity contribution >= 4 is 11.8 Å². The average Bonchev–Trinajstić information content (AvgIpc) is 2.26. The number of hydrogen-bond acceptors (Lipinski definition) is 4. The quantitative estimate of drug-likeness (QED) is 0.522. The van der Waals surface area contributed by atoms with Crippen molar-refractivity contribution in [2.75, 3.05) is 52.0 Å². The van der Waals surface area contributed by atoms with Crippen molar-refractivity contribution in [1.29, 1.82) is 0 Å². The normalized spacial score (nSPS) is 10.8. The molecule has 0 aliphatic heterocycles. The van der Waals surface area contributed by atoms with Gasteiger partial charge < -0.3 is 14.8 Å². The zero-order chi connectivity index (χ0) is 11.2. The topological polar surface area (TPSA) is 30.5 Å². The van der Waals surface area contributed by atoms with Gasteiger partial charge in [0.05, 0.1) is 13.2 Å². The van der Waals surface area contributed by atoms with Gasteiger partial charge in [-0.3, -0.25) is 0 Å². The number of unbranched alkanes of at least 4 members (excludes halogenated alkanes) is 1. The lowest BCUT2D eigenvalue weighted by molar-refractivity contribution is 0.0688. The van der Waals surface area contributed by atoms with Crippen LogP contribution in [0.4, 0.5) is 0 Å². The molecule has 0 atom stereocenters. The molecule has 0 heterocycles. The Morgan fingerprint density at radius 2 is 1.80 bits per heavy atom. The van der Waals surface area contributed by atoms with E-state index in [0.717, 1.165) is 32.7 Å². The third kappa shape index (κ3) is 14.2. The van der Waals surface area contributed by atoms with E-state index in [1.807, 2.05) is 11.8 Å². The van der Waals surface area contributed by atoms with E-state index < -0.39 is 0 Å².